The maximum Gasteiger partial charge on any atom is 0.233 e. The zero-order valence-corrected chi connectivity index (χ0v) is 15.2. The smallest absolute Gasteiger partial charge is 0.233 e. The van der Waals surface area contributed by atoms with E-state index in [-0.39, 0.29) is 6.10 Å². The van der Waals surface area contributed by atoms with Crippen LogP contribution in [0.2, 0.25) is 0 Å². The number of hydrogen-bond donors (Lipinski definition) is 0. The van der Waals surface area contributed by atoms with Gasteiger partial charge in [0.25, 0.3) is 0 Å². The van der Waals surface area contributed by atoms with E-state index >= 15 is 0 Å². The molecule has 0 radical (unpaired) electrons. The Bertz CT molecular complexity index is 498. The molecule has 5 nitrogen and oxygen atoms in total. The van der Waals surface area contributed by atoms with Crippen molar-refractivity contribution >= 4 is 17.6 Å². The lowest BCUT2D eigenvalue weighted by atomic mass is 10.2. The highest BCUT2D eigenvalue weighted by molar-refractivity contribution is 7.99. The van der Waals surface area contributed by atoms with Gasteiger partial charge < -0.3 is 9.64 Å². The number of allylic oxidation sites excluding steroid dienone is 1. The number of thioether (sulfide) groups is 1. The van der Waals surface area contributed by atoms with Gasteiger partial charge in [-0.05, 0) is 44.8 Å². The monoisotopic (exact) mass is 348 g/mol. The summed E-state index contributed by atoms with van der Waals surface area (Å²) in [7, 11) is 0. The van der Waals surface area contributed by atoms with Gasteiger partial charge in [-0.1, -0.05) is 6.08 Å². The first kappa shape index (κ1) is 17.5. The predicted molar refractivity (Wildman–Crippen MR) is 101 cm³/mol. The molecule has 0 amide bonds. The van der Waals surface area contributed by atoms with Crippen molar-refractivity contribution in [3.05, 3.63) is 24.8 Å². The molecule has 1 aromatic heterocycles. The molecule has 3 rings (SSSR count). The van der Waals surface area contributed by atoms with Crippen LogP contribution < -0.4 is 9.64 Å². The van der Waals surface area contributed by atoms with E-state index in [9.17, 15) is 0 Å². The van der Waals surface area contributed by atoms with Crippen LogP contribution in [0.1, 0.15) is 25.7 Å². The van der Waals surface area contributed by atoms with Crippen molar-refractivity contribution < 1.29 is 4.74 Å². The summed E-state index contributed by atoms with van der Waals surface area (Å²) in [6.07, 6.45) is 6.67. The Balaban J connectivity index is 1.57. The lowest BCUT2D eigenvalue weighted by Crippen LogP contribution is -2.34. The molecule has 2 saturated heterocycles. The zero-order valence-electron chi connectivity index (χ0n) is 14.4. The van der Waals surface area contributed by atoms with Crippen molar-refractivity contribution in [2.24, 2.45) is 0 Å². The molecule has 0 N–H and O–H groups in total. The lowest BCUT2D eigenvalue weighted by Gasteiger charge is -2.27. The lowest BCUT2D eigenvalue weighted by molar-refractivity contribution is 0.133. The number of rotatable bonds is 8. The fourth-order valence-corrected chi connectivity index (χ4v) is 4.16. The SMILES string of the molecule is C=CCC[C@H](CN1CCCC1)Oc1ccc(N2CCSCC2)nn1. The molecule has 2 aliphatic heterocycles. The van der Waals surface area contributed by atoms with Crippen LogP contribution in [0.15, 0.2) is 24.8 Å². The number of hydrogen-bond acceptors (Lipinski definition) is 6. The second-order valence-corrected chi connectivity index (χ2v) is 7.67. The summed E-state index contributed by atoms with van der Waals surface area (Å²) in [5, 5.41) is 8.69. The van der Waals surface area contributed by atoms with E-state index in [4.69, 9.17) is 4.74 Å². The second-order valence-electron chi connectivity index (χ2n) is 6.44. The molecule has 0 aliphatic carbocycles. The van der Waals surface area contributed by atoms with E-state index in [0.29, 0.717) is 5.88 Å². The van der Waals surface area contributed by atoms with Crippen LogP contribution in [0.3, 0.4) is 0 Å². The Labute approximate surface area is 149 Å². The molecule has 0 spiro atoms. The Morgan fingerprint density at radius 1 is 1.17 bits per heavy atom. The molecular weight excluding hydrogens is 320 g/mol. The van der Waals surface area contributed by atoms with Gasteiger partial charge in [0.1, 0.15) is 6.10 Å². The van der Waals surface area contributed by atoms with Gasteiger partial charge in [-0.3, -0.25) is 4.90 Å². The van der Waals surface area contributed by atoms with Crippen LogP contribution in [-0.2, 0) is 0 Å². The predicted octanol–water partition coefficient (Wildman–Crippen LogP) is 2.84. The molecule has 0 saturated carbocycles. The van der Waals surface area contributed by atoms with Gasteiger partial charge in [-0.15, -0.1) is 16.8 Å². The topological polar surface area (TPSA) is 41.5 Å². The first-order valence-corrected chi connectivity index (χ1v) is 10.2. The quantitative estimate of drug-likeness (QED) is 0.673. The maximum atomic E-state index is 6.14. The van der Waals surface area contributed by atoms with Crippen LogP contribution in [-0.4, -0.2) is 65.4 Å². The van der Waals surface area contributed by atoms with Crippen molar-refractivity contribution in [3.63, 3.8) is 0 Å². The maximum absolute atomic E-state index is 6.14. The first-order chi connectivity index (χ1) is 11.8. The van der Waals surface area contributed by atoms with Gasteiger partial charge >= 0.3 is 0 Å². The van der Waals surface area contributed by atoms with Crippen LogP contribution >= 0.6 is 11.8 Å². The standard InChI is InChI=1S/C18H28N4OS/c1-2-3-6-16(15-21-9-4-5-10-21)23-18-8-7-17(19-20-18)22-11-13-24-14-12-22/h2,7-8,16H,1,3-6,9-15H2/t16-/m1/s1. The summed E-state index contributed by atoms with van der Waals surface area (Å²) in [4.78, 5) is 4.79. The van der Waals surface area contributed by atoms with Crippen LogP contribution in [0.4, 0.5) is 5.82 Å². The van der Waals surface area contributed by atoms with E-state index in [1.165, 1.54) is 37.4 Å². The highest BCUT2D eigenvalue weighted by Gasteiger charge is 2.19. The molecule has 132 valence electrons. The van der Waals surface area contributed by atoms with E-state index in [2.05, 4.69) is 26.6 Å². The van der Waals surface area contributed by atoms with Crippen LogP contribution in [0.25, 0.3) is 0 Å². The number of anilines is 1. The third kappa shape index (κ3) is 5.11. The summed E-state index contributed by atoms with van der Waals surface area (Å²) in [6, 6.07) is 4.01. The van der Waals surface area contributed by atoms with Gasteiger partial charge in [0.2, 0.25) is 5.88 Å². The molecule has 1 aromatic rings. The van der Waals surface area contributed by atoms with E-state index < -0.39 is 0 Å². The van der Waals surface area contributed by atoms with Crippen LogP contribution in [0, 0.1) is 0 Å². The van der Waals surface area contributed by atoms with E-state index in [1.54, 1.807) is 0 Å². The van der Waals surface area contributed by atoms with Gasteiger partial charge in [-0.2, -0.15) is 11.8 Å². The molecule has 6 heteroatoms. The number of likely N-dealkylation sites (tertiary alicyclic amines) is 1. The first-order valence-electron chi connectivity index (χ1n) is 9.01. The molecule has 1 atom stereocenters. The summed E-state index contributed by atoms with van der Waals surface area (Å²) in [5.74, 6) is 3.93. The van der Waals surface area contributed by atoms with Crippen molar-refractivity contribution in [2.45, 2.75) is 31.8 Å². The second kappa shape index (κ2) is 9.28. The Hall–Kier alpha value is -1.27. The average Bonchev–Trinajstić information content (AvgIpc) is 3.14. The normalized spacial score (nSPS) is 20.1. The number of nitrogens with zero attached hydrogens (tertiary/aromatic N) is 4. The van der Waals surface area contributed by atoms with Crippen molar-refractivity contribution in [1.29, 1.82) is 0 Å². The minimum Gasteiger partial charge on any atom is -0.472 e. The average molecular weight is 349 g/mol. The molecule has 2 aliphatic rings. The van der Waals surface area contributed by atoms with Gasteiger partial charge in [-0.25, -0.2) is 0 Å². The summed E-state index contributed by atoms with van der Waals surface area (Å²) >= 11 is 2.00. The third-order valence-corrected chi connectivity index (χ3v) is 5.54. The van der Waals surface area contributed by atoms with Crippen molar-refractivity contribution in [2.75, 3.05) is 49.1 Å². The fourth-order valence-electron chi connectivity index (χ4n) is 3.25. The molecule has 0 aromatic carbocycles. The largest absolute Gasteiger partial charge is 0.472 e. The van der Waals surface area contributed by atoms with Crippen molar-refractivity contribution in [3.8, 4) is 5.88 Å². The molecular formula is C18H28N4OS. The van der Waals surface area contributed by atoms with Gasteiger partial charge in [0.15, 0.2) is 5.82 Å². The molecule has 2 fully saturated rings. The minimum atomic E-state index is 0.160. The zero-order chi connectivity index (χ0) is 16.6. The third-order valence-electron chi connectivity index (χ3n) is 4.60. The molecule has 3 heterocycles. The van der Waals surface area contributed by atoms with Crippen LogP contribution in [0.5, 0.6) is 5.88 Å². The van der Waals surface area contributed by atoms with Crippen molar-refractivity contribution in [1.82, 2.24) is 15.1 Å². The van der Waals surface area contributed by atoms with Gasteiger partial charge in [0.05, 0.1) is 0 Å². The minimum absolute atomic E-state index is 0.160. The number of aromatic nitrogens is 2. The van der Waals surface area contributed by atoms with E-state index in [1.807, 2.05) is 30.0 Å². The number of ether oxygens (including phenoxy) is 1. The summed E-state index contributed by atoms with van der Waals surface area (Å²) in [5.41, 5.74) is 0. The molecule has 24 heavy (non-hydrogen) atoms. The Kier molecular flexibility index (Phi) is 6.78. The van der Waals surface area contributed by atoms with Gasteiger partial charge in [0, 0.05) is 37.2 Å². The molecule has 0 unspecified atom stereocenters. The Morgan fingerprint density at radius 3 is 2.62 bits per heavy atom. The fraction of sp³-hybridized carbons (Fsp3) is 0.667. The summed E-state index contributed by atoms with van der Waals surface area (Å²) in [6.45, 7) is 9.28. The Morgan fingerprint density at radius 2 is 1.96 bits per heavy atom. The highest BCUT2D eigenvalue weighted by atomic mass is 32.2. The summed E-state index contributed by atoms with van der Waals surface area (Å²) < 4.78 is 6.14. The highest BCUT2D eigenvalue weighted by Crippen LogP contribution is 2.20. The molecule has 0 bridgehead atoms. The van der Waals surface area contributed by atoms with E-state index in [0.717, 1.165) is 38.3 Å².